The molecule has 2 heterocycles. The van der Waals surface area contributed by atoms with Crippen molar-refractivity contribution in [3.05, 3.63) is 35.4 Å². The number of hydrogen-bond donors (Lipinski definition) is 0. The minimum Gasteiger partial charge on any atom is -0.355 e. The van der Waals surface area contributed by atoms with Gasteiger partial charge in [-0.15, -0.1) is 0 Å². The molecular weight excluding hydrogens is 424 g/mol. The zero-order valence-electron chi connectivity index (χ0n) is 17.4. The maximum atomic E-state index is 13.2. The highest BCUT2D eigenvalue weighted by atomic mass is 19.4. The molecule has 1 fully saturated rings. The van der Waals surface area contributed by atoms with E-state index in [2.05, 4.69) is 10.0 Å². The molecule has 1 saturated heterocycles. The monoisotopic (exact) mass is 451 g/mol. The third-order valence-corrected chi connectivity index (χ3v) is 5.40. The van der Waals surface area contributed by atoms with Crippen molar-refractivity contribution in [1.29, 1.82) is 0 Å². The number of rotatable bonds is 5. The summed E-state index contributed by atoms with van der Waals surface area (Å²) in [4.78, 5) is 6.04. The summed E-state index contributed by atoms with van der Waals surface area (Å²) in [7, 11) is 1.88. The van der Waals surface area contributed by atoms with Crippen LogP contribution in [-0.4, -0.2) is 84.7 Å². The van der Waals surface area contributed by atoms with Crippen molar-refractivity contribution in [3.8, 4) is 0 Å². The van der Waals surface area contributed by atoms with Crippen molar-refractivity contribution in [2.24, 2.45) is 5.10 Å². The lowest BCUT2D eigenvalue weighted by Gasteiger charge is -2.40. The number of hydrazone groups is 1. The summed E-state index contributed by atoms with van der Waals surface area (Å²) < 4.78 is 76.9. The summed E-state index contributed by atoms with van der Waals surface area (Å²) >= 11 is 0. The molecule has 2 aliphatic heterocycles. The summed E-state index contributed by atoms with van der Waals surface area (Å²) in [6, 6.07) is 5.61. The molecule has 174 valence electrons. The number of nitrogens with zero attached hydrogens (tertiary/aromatic N) is 5. The largest absolute Gasteiger partial charge is 0.416 e. The van der Waals surface area contributed by atoms with Gasteiger partial charge in [0, 0.05) is 45.7 Å². The molecule has 0 bridgehead atoms. The summed E-state index contributed by atoms with van der Waals surface area (Å²) in [6.07, 6.45) is -9.40. The van der Waals surface area contributed by atoms with Gasteiger partial charge in [-0.05, 0) is 25.1 Å². The van der Waals surface area contributed by atoms with Crippen LogP contribution in [-0.2, 0) is 12.7 Å². The van der Waals surface area contributed by atoms with Crippen LogP contribution in [0.15, 0.2) is 29.4 Å². The van der Waals surface area contributed by atoms with Crippen molar-refractivity contribution in [3.63, 3.8) is 0 Å². The summed E-state index contributed by atoms with van der Waals surface area (Å²) in [5, 5.41) is 6.18. The number of benzene rings is 1. The van der Waals surface area contributed by atoms with Crippen LogP contribution in [0.2, 0.25) is 0 Å². The Kier molecular flexibility index (Phi) is 7.35. The van der Waals surface area contributed by atoms with E-state index in [0.29, 0.717) is 39.4 Å². The van der Waals surface area contributed by atoms with E-state index < -0.39 is 24.3 Å². The first-order valence-electron chi connectivity index (χ1n) is 10.2. The van der Waals surface area contributed by atoms with Gasteiger partial charge in [-0.2, -0.15) is 31.4 Å². The van der Waals surface area contributed by atoms with Crippen molar-refractivity contribution in [2.45, 2.75) is 31.7 Å². The van der Waals surface area contributed by atoms with Crippen molar-refractivity contribution in [2.75, 3.05) is 53.0 Å². The number of alkyl halides is 6. The molecule has 0 aliphatic carbocycles. The van der Waals surface area contributed by atoms with Gasteiger partial charge in [-0.25, -0.2) is 0 Å². The number of piperazine rings is 1. The van der Waals surface area contributed by atoms with Gasteiger partial charge in [0.1, 0.15) is 5.84 Å². The summed E-state index contributed by atoms with van der Waals surface area (Å²) in [5.41, 5.74) is -0.348. The van der Waals surface area contributed by atoms with E-state index in [0.717, 1.165) is 11.9 Å². The summed E-state index contributed by atoms with van der Waals surface area (Å²) in [6.45, 7) is 3.89. The molecule has 1 aromatic carbocycles. The zero-order chi connectivity index (χ0) is 22.6. The smallest absolute Gasteiger partial charge is 0.355 e. The van der Waals surface area contributed by atoms with Gasteiger partial charge < -0.3 is 4.90 Å². The number of likely N-dealkylation sites (N-methyl/N-ethyl adjacent to an activating group) is 1. The van der Waals surface area contributed by atoms with Crippen LogP contribution in [0.5, 0.6) is 0 Å². The minimum atomic E-state index is -4.38. The van der Waals surface area contributed by atoms with Gasteiger partial charge in [-0.1, -0.05) is 18.2 Å². The maximum Gasteiger partial charge on any atom is 0.416 e. The Morgan fingerprint density at radius 1 is 0.968 bits per heavy atom. The molecule has 0 spiro atoms. The van der Waals surface area contributed by atoms with E-state index in [4.69, 9.17) is 0 Å². The summed E-state index contributed by atoms with van der Waals surface area (Å²) in [5.74, 6) is 0.788. The fraction of sp³-hybridized carbons (Fsp3) is 0.650. The molecule has 1 aromatic rings. The molecule has 0 unspecified atom stereocenters. The standard InChI is InChI=1S/C20H27F6N5/c1-28-14-18(27-31(15-28)8-4-7-19(21,22)23)30-11-9-29(10-12-30)13-16-5-2-3-6-17(16)20(24,25)26/h2-3,5-6H,4,7-15H2,1H3. The van der Waals surface area contributed by atoms with Crippen LogP contribution >= 0.6 is 0 Å². The topological polar surface area (TPSA) is 25.3 Å². The number of halogens is 6. The average molecular weight is 451 g/mol. The number of amidine groups is 1. The van der Waals surface area contributed by atoms with Crippen molar-refractivity contribution >= 4 is 5.84 Å². The lowest BCUT2D eigenvalue weighted by atomic mass is 10.1. The Morgan fingerprint density at radius 3 is 2.29 bits per heavy atom. The second-order valence-corrected chi connectivity index (χ2v) is 8.04. The SMILES string of the molecule is CN1CC(N2CCN(Cc3ccccc3C(F)(F)F)CC2)=NN(CCCC(F)(F)F)C1. The van der Waals surface area contributed by atoms with Gasteiger partial charge in [0.2, 0.25) is 0 Å². The Hall–Kier alpha value is -2.01. The molecule has 0 saturated carbocycles. The van der Waals surface area contributed by atoms with Gasteiger partial charge in [-0.3, -0.25) is 14.8 Å². The first-order valence-corrected chi connectivity index (χ1v) is 10.2. The molecule has 3 rings (SSSR count). The van der Waals surface area contributed by atoms with E-state index in [9.17, 15) is 26.3 Å². The Balaban J connectivity index is 1.55. The number of hydrogen-bond acceptors (Lipinski definition) is 5. The van der Waals surface area contributed by atoms with Crippen LogP contribution in [0.1, 0.15) is 24.0 Å². The van der Waals surface area contributed by atoms with Crippen LogP contribution < -0.4 is 0 Å². The van der Waals surface area contributed by atoms with Crippen LogP contribution in [0.4, 0.5) is 26.3 Å². The van der Waals surface area contributed by atoms with Crippen molar-refractivity contribution < 1.29 is 26.3 Å². The zero-order valence-corrected chi connectivity index (χ0v) is 17.4. The average Bonchev–Trinajstić information content (AvgIpc) is 2.67. The molecule has 5 nitrogen and oxygen atoms in total. The van der Waals surface area contributed by atoms with E-state index in [1.54, 1.807) is 11.1 Å². The molecule has 0 aromatic heterocycles. The maximum absolute atomic E-state index is 13.2. The molecule has 2 aliphatic rings. The van der Waals surface area contributed by atoms with Gasteiger partial charge in [0.25, 0.3) is 0 Å². The molecular formula is C20H27F6N5. The van der Waals surface area contributed by atoms with Gasteiger partial charge in [0.05, 0.1) is 18.8 Å². The normalized spacial score (nSPS) is 19.6. The van der Waals surface area contributed by atoms with Crippen LogP contribution in [0.25, 0.3) is 0 Å². The van der Waals surface area contributed by atoms with Gasteiger partial charge >= 0.3 is 12.4 Å². The molecule has 31 heavy (non-hydrogen) atoms. The Morgan fingerprint density at radius 2 is 1.65 bits per heavy atom. The van der Waals surface area contributed by atoms with E-state index >= 15 is 0 Å². The third-order valence-electron chi connectivity index (χ3n) is 5.40. The Labute approximate surface area is 177 Å². The highest BCUT2D eigenvalue weighted by Gasteiger charge is 2.34. The fourth-order valence-corrected chi connectivity index (χ4v) is 3.88. The van der Waals surface area contributed by atoms with Crippen LogP contribution in [0, 0.1) is 0 Å². The molecule has 0 N–H and O–H groups in total. The molecule has 0 atom stereocenters. The van der Waals surface area contributed by atoms with E-state index in [1.807, 2.05) is 16.8 Å². The highest BCUT2D eigenvalue weighted by Crippen LogP contribution is 2.32. The highest BCUT2D eigenvalue weighted by molar-refractivity contribution is 5.84. The van der Waals surface area contributed by atoms with E-state index in [1.165, 1.54) is 12.1 Å². The minimum absolute atomic E-state index is 0.0134. The van der Waals surface area contributed by atoms with Crippen molar-refractivity contribution in [1.82, 2.24) is 19.7 Å². The predicted molar refractivity (Wildman–Crippen MR) is 105 cm³/mol. The lowest BCUT2D eigenvalue weighted by molar-refractivity contribution is -0.138. The second kappa shape index (κ2) is 9.64. The van der Waals surface area contributed by atoms with Crippen LogP contribution in [0.3, 0.4) is 0 Å². The first-order chi connectivity index (χ1) is 14.5. The van der Waals surface area contributed by atoms with Gasteiger partial charge in [0.15, 0.2) is 0 Å². The third kappa shape index (κ3) is 6.99. The fourth-order valence-electron chi connectivity index (χ4n) is 3.88. The molecule has 11 heteroatoms. The molecule has 0 amide bonds. The molecule has 0 radical (unpaired) electrons. The Bertz CT molecular complexity index is 755. The van der Waals surface area contributed by atoms with E-state index in [-0.39, 0.29) is 25.1 Å². The quantitative estimate of drug-likeness (QED) is 0.638. The first kappa shape index (κ1) is 23.6. The lowest BCUT2D eigenvalue weighted by Crippen LogP contribution is -2.54. The second-order valence-electron chi connectivity index (χ2n) is 8.04. The predicted octanol–water partition coefficient (Wildman–Crippen LogP) is 3.68.